The summed E-state index contributed by atoms with van der Waals surface area (Å²) in [5.41, 5.74) is 1.98. The van der Waals surface area contributed by atoms with Crippen LogP contribution in [0.2, 0.25) is 0 Å². The fraction of sp³-hybridized carbons (Fsp3) is 0.211. The van der Waals surface area contributed by atoms with Crippen molar-refractivity contribution in [3.05, 3.63) is 70.1 Å². The Kier molecular flexibility index (Phi) is 3.82. The van der Waals surface area contributed by atoms with Crippen LogP contribution in [-0.2, 0) is 6.54 Å². The Morgan fingerprint density at radius 3 is 2.60 bits per heavy atom. The number of H-pyrrole nitrogens is 1. The van der Waals surface area contributed by atoms with E-state index in [1.807, 2.05) is 37.4 Å². The van der Waals surface area contributed by atoms with E-state index >= 15 is 0 Å². The van der Waals surface area contributed by atoms with Crippen LogP contribution in [0.5, 0.6) is 0 Å². The maximum atomic E-state index is 13.3. The van der Waals surface area contributed by atoms with E-state index in [2.05, 4.69) is 15.1 Å². The minimum atomic E-state index is -0.289. The topological polar surface area (TPSA) is 69.3 Å². The van der Waals surface area contributed by atoms with E-state index < -0.39 is 0 Å². The lowest BCUT2D eigenvalue weighted by Gasteiger charge is -2.22. The highest BCUT2D eigenvalue weighted by atomic mass is 16.2. The molecule has 0 aliphatic carbocycles. The Balaban J connectivity index is 1.85. The molecule has 0 radical (unpaired) electrons. The Bertz CT molecular complexity index is 1010. The summed E-state index contributed by atoms with van der Waals surface area (Å²) in [5, 5.41) is 7.56. The molecule has 0 fully saturated rings. The summed E-state index contributed by atoms with van der Waals surface area (Å²) in [4.78, 5) is 29.2. The van der Waals surface area contributed by atoms with Gasteiger partial charge in [-0.25, -0.2) is 5.10 Å². The number of aromatic nitrogens is 2. The number of nitrogens with zero attached hydrogens (tertiary/aromatic N) is 3. The van der Waals surface area contributed by atoms with E-state index in [-0.39, 0.29) is 17.2 Å². The minimum Gasteiger partial charge on any atom is -0.305 e. The van der Waals surface area contributed by atoms with Gasteiger partial charge in [0.05, 0.1) is 5.39 Å². The lowest BCUT2D eigenvalue weighted by atomic mass is 10.1. The second-order valence-electron chi connectivity index (χ2n) is 6.27. The third kappa shape index (κ3) is 2.70. The zero-order valence-corrected chi connectivity index (χ0v) is 13.9. The van der Waals surface area contributed by atoms with Crippen molar-refractivity contribution in [2.75, 3.05) is 25.0 Å². The molecule has 2 aromatic carbocycles. The molecule has 0 saturated heterocycles. The first-order valence-corrected chi connectivity index (χ1v) is 8.21. The molecule has 6 heteroatoms. The second-order valence-corrected chi connectivity index (χ2v) is 6.27. The van der Waals surface area contributed by atoms with E-state index in [9.17, 15) is 9.59 Å². The number of amides is 1. The number of carbonyl (C=O) groups is 1. The number of likely N-dealkylation sites (N-methyl/N-ethyl adjacent to an activating group) is 1. The molecule has 1 N–H and O–H groups in total. The van der Waals surface area contributed by atoms with Crippen LogP contribution in [-0.4, -0.2) is 41.1 Å². The summed E-state index contributed by atoms with van der Waals surface area (Å²) in [6, 6.07) is 15.0. The summed E-state index contributed by atoms with van der Waals surface area (Å²) >= 11 is 0. The molecule has 4 rings (SSSR count). The van der Waals surface area contributed by atoms with Crippen molar-refractivity contribution in [2.45, 2.75) is 6.54 Å². The first-order chi connectivity index (χ1) is 12.1. The van der Waals surface area contributed by atoms with Gasteiger partial charge in [-0.3, -0.25) is 9.59 Å². The highest BCUT2D eigenvalue weighted by molar-refractivity contribution is 6.12. The van der Waals surface area contributed by atoms with Crippen LogP contribution in [0.3, 0.4) is 0 Å². The molecule has 3 aromatic rings. The van der Waals surface area contributed by atoms with Gasteiger partial charge >= 0.3 is 0 Å². The van der Waals surface area contributed by atoms with Crippen molar-refractivity contribution >= 4 is 22.4 Å². The molecule has 1 aliphatic heterocycles. The fourth-order valence-electron chi connectivity index (χ4n) is 3.29. The van der Waals surface area contributed by atoms with Crippen LogP contribution >= 0.6 is 0 Å². The molecule has 1 amide bonds. The quantitative estimate of drug-likeness (QED) is 0.739. The number of para-hydroxylation sites is 1. The van der Waals surface area contributed by atoms with Gasteiger partial charge in [0, 0.05) is 30.7 Å². The zero-order valence-electron chi connectivity index (χ0n) is 13.9. The Hall–Kier alpha value is -2.99. The smallest absolute Gasteiger partial charge is 0.279 e. The van der Waals surface area contributed by atoms with E-state index in [1.165, 1.54) is 0 Å². The Morgan fingerprint density at radius 2 is 1.76 bits per heavy atom. The van der Waals surface area contributed by atoms with Crippen molar-refractivity contribution in [3.63, 3.8) is 0 Å². The van der Waals surface area contributed by atoms with Crippen molar-refractivity contribution in [1.29, 1.82) is 0 Å². The van der Waals surface area contributed by atoms with Crippen LogP contribution in [0.25, 0.3) is 10.8 Å². The number of hydrogen-bond donors (Lipinski definition) is 1. The monoisotopic (exact) mass is 334 g/mol. The van der Waals surface area contributed by atoms with Crippen LogP contribution < -0.4 is 10.5 Å². The summed E-state index contributed by atoms with van der Waals surface area (Å²) in [6.07, 6.45) is 0. The molecule has 126 valence electrons. The number of nitrogens with one attached hydrogen (secondary N) is 1. The van der Waals surface area contributed by atoms with E-state index in [1.54, 1.807) is 23.1 Å². The maximum absolute atomic E-state index is 13.3. The molecule has 0 spiro atoms. The number of benzene rings is 2. The second kappa shape index (κ2) is 6.14. The molecule has 2 heterocycles. The first kappa shape index (κ1) is 15.5. The Labute approximate surface area is 144 Å². The van der Waals surface area contributed by atoms with Gasteiger partial charge in [-0.05, 0) is 24.7 Å². The van der Waals surface area contributed by atoms with Crippen molar-refractivity contribution in [3.8, 4) is 0 Å². The zero-order chi connectivity index (χ0) is 17.4. The average Bonchev–Trinajstić information content (AvgIpc) is 2.80. The summed E-state index contributed by atoms with van der Waals surface area (Å²) < 4.78 is 0. The SMILES string of the molecule is CN1CCN(C(=O)c2n[nH]c(=O)c3ccccc23)c2ccccc2C1. The molecule has 1 aliphatic rings. The fourth-order valence-corrected chi connectivity index (χ4v) is 3.29. The van der Waals surface area contributed by atoms with Gasteiger partial charge < -0.3 is 9.80 Å². The predicted molar refractivity (Wildman–Crippen MR) is 96.8 cm³/mol. The summed E-state index contributed by atoms with van der Waals surface area (Å²) in [6.45, 7) is 2.13. The van der Waals surface area contributed by atoms with Crippen molar-refractivity contribution in [2.24, 2.45) is 0 Å². The average molecular weight is 334 g/mol. The van der Waals surface area contributed by atoms with Crippen molar-refractivity contribution < 1.29 is 4.79 Å². The van der Waals surface area contributed by atoms with Gasteiger partial charge in [0.15, 0.2) is 5.69 Å². The van der Waals surface area contributed by atoms with Gasteiger partial charge in [-0.2, -0.15) is 5.10 Å². The molecule has 0 bridgehead atoms. The lowest BCUT2D eigenvalue weighted by molar-refractivity contribution is 0.0982. The number of aromatic amines is 1. The number of fused-ring (bicyclic) bond motifs is 2. The standard InChI is InChI=1S/C19H18N4O2/c1-22-10-11-23(16-9-5-2-6-13(16)12-22)19(25)17-14-7-3-4-8-15(14)18(24)21-20-17/h2-9H,10-12H2,1H3,(H,21,24). The summed E-state index contributed by atoms with van der Waals surface area (Å²) in [5.74, 6) is -0.199. The number of rotatable bonds is 1. The van der Waals surface area contributed by atoms with E-state index in [0.29, 0.717) is 17.3 Å². The van der Waals surface area contributed by atoms with E-state index in [4.69, 9.17) is 0 Å². The van der Waals surface area contributed by atoms with Crippen molar-refractivity contribution in [1.82, 2.24) is 15.1 Å². The number of anilines is 1. The van der Waals surface area contributed by atoms with E-state index in [0.717, 1.165) is 24.3 Å². The third-order valence-electron chi connectivity index (χ3n) is 4.57. The Morgan fingerprint density at radius 1 is 1.04 bits per heavy atom. The summed E-state index contributed by atoms with van der Waals surface area (Å²) in [7, 11) is 2.04. The normalized spacial score (nSPS) is 15.0. The first-order valence-electron chi connectivity index (χ1n) is 8.21. The van der Waals surface area contributed by atoms with Gasteiger partial charge in [-0.15, -0.1) is 0 Å². The van der Waals surface area contributed by atoms with Gasteiger partial charge in [0.1, 0.15) is 0 Å². The molecule has 0 atom stereocenters. The van der Waals surface area contributed by atoms with Crippen LogP contribution in [0.1, 0.15) is 16.1 Å². The lowest BCUT2D eigenvalue weighted by Crippen LogP contribution is -2.36. The largest absolute Gasteiger partial charge is 0.305 e. The molecule has 0 unspecified atom stereocenters. The highest BCUT2D eigenvalue weighted by Crippen LogP contribution is 2.26. The molecule has 25 heavy (non-hydrogen) atoms. The highest BCUT2D eigenvalue weighted by Gasteiger charge is 2.26. The van der Waals surface area contributed by atoms with Crippen LogP contribution in [0, 0.1) is 0 Å². The van der Waals surface area contributed by atoms with Gasteiger partial charge in [-0.1, -0.05) is 36.4 Å². The number of carbonyl (C=O) groups excluding carboxylic acids is 1. The van der Waals surface area contributed by atoms with Crippen LogP contribution in [0.15, 0.2) is 53.3 Å². The predicted octanol–water partition coefficient (Wildman–Crippen LogP) is 2.02. The molecule has 6 nitrogen and oxygen atoms in total. The third-order valence-corrected chi connectivity index (χ3v) is 4.57. The van der Waals surface area contributed by atoms with Crippen LogP contribution in [0.4, 0.5) is 5.69 Å². The molecular formula is C19H18N4O2. The minimum absolute atomic E-state index is 0.199. The number of hydrogen-bond acceptors (Lipinski definition) is 4. The van der Waals surface area contributed by atoms with Gasteiger partial charge in [0.25, 0.3) is 11.5 Å². The van der Waals surface area contributed by atoms with Gasteiger partial charge in [0.2, 0.25) is 0 Å². The maximum Gasteiger partial charge on any atom is 0.279 e. The molecule has 1 aromatic heterocycles. The molecular weight excluding hydrogens is 316 g/mol. The molecule has 0 saturated carbocycles.